The zero-order valence-corrected chi connectivity index (χ0v) is 12.9. The molecule has 1 atom stereocenters. The van der Waals surface area contributed by atoms with E-state index in [1.807, 2.05) is 52.2 Å². The summed E-state index contributed by atoms with van der Waals surface area (Å²) in [5, 5.41) is 5.72. The molecule has 1 rings (SSSR count). The summed E-state index contributed by atoms with van der Waals surface area (Å²) in [4.78, 5) is 13.7. The third-order valence-corrected chi connectivity index (χ3v) is 3.00. The van der Waals surface area contributed by atoms with Crippen LogP contribution in [0.15, 0.2) is 24.3 Å². The minimum Gasteiger partial charge on any atom is -0.497 e. The summed E-state index contributed by atoms with van der Waals surface area (Å²) in [6, 6.07) is 8.02. The third kappa shape index (κ3) is 5.09. The minimum absolute atomic E-state index is 0.124. The van der Waals surface area contributed by atoms with Gasteiger partial charge in [-0.1, -0.05) is 12.1 Å². The van der Waals surface area contributed by atoms with Gasteiger partial charge in [-0.2, -0.15) is 0 Å². The number of amides is 2. The second-order valence-corrected chi connectivity index (χ2v) is 5.26. The molecule has 0 spiro atoms. The van der Waals surface area contributed by atoms with Gasteiger partial charge in [-0.05, 0) is 45.6 Å². The van der Waals surface area contributed by atoms with E-state index in [4.69, 9.17) is 4.74 Å². The Hall–Kier alpha value is -1.75. The molecule has 2 N–H and O–H groups in total. The molecule has 112 valence electrons. The van der Waals surface area contributed by atoms with E-state index in [0.717, 1.165) is 11.3 Å². The molecule has 2 amide bonds. The molecule has 0 aliphatic heterocycles. The van der Waals surface area contributed by atoms with Crippen molar-refractivity contribution in [3.8, 4) is 5.75 Å². The molecule has 0 fully saturated rings. The van der Waals surface area contributed by atoms with Crippen LogP contribution < -0.4 is 15.4 Å². The van der Waals surface area contributed by atoms with Crippen molar-refractivity contribution in [2.75, 3.05) is 27.7 Å². The molecule has 0 bridgehead atoms. The van der Waals surface area contributed by atoms with Crippen LogP contribution in [0, 0.1) is 0 Å². The Morgan fingerprint density at radius 2 is 1.85 bits per heavy atom. The maximum Gasteiger partial charge on any atom is 0.315 e. The summed E-state index contributed by atoms with van der Waals surface area (Å²) in [5.74, 6) is 0.830. The highest BCUT2D eigenvalue weighted by molar-refractivity contribution is 5.74. The SMILES string of the molecule is COc1ccc(C(CNC(=O)NC(C)C)N(C)C)cc1. The Morgan fingerprint density at radius 1 is 1.25 bits per heavy atom. The summed E-state index contributed by atoms with van der Waals surface area (Å²) >= 11 is 0. The predicted molar refractivity (Wildman–Crippen MR) is 81.1 cm³/mol. The molecule has 0 saturated heterocycles. The van der Waals surface area contributed by atoms with Gasteiger partial charge in [0.1, 0.15) is 5.75 Å². The number of ether oxygens (including phenoxy) is 1. The van der Waals surface area contributed by atoms with Crippen molar-refractivity contribution >= 4 is 6.03 Å². The summed E-state index contributed by atoms with van der Waals surface area (Å²) in [5.41, 5.74) is 1.14. The summed E-state index contributed by atoms with van der Waals surface area (Å²) in [6.07, 6.45) is 0. The van der Waals surface area contributed by atoms with E-state index in [0.29, 0.717) is 6.54 Å². The van der Waals surface area contributed by atoms with E-state index in [2.05, 4.69) is 15.5 Å². The van der Waals surface area contributed by atoms with Gasteiger partial charge in [0.05, 0.1) is 13.2 Å². The fourth-order valence-electron chi connectivity index (χ4n) is 1.93. The Kier molecular flexibility index (Phi) is 6.31. The molecule has 0 aliphatic carbocycles. The predicted octanol–water partition coefficient (Wildman–Crippen LogP) is 2.01. The lowest BCUT2D eigenvalue weighted by atomic mass is 10.1. The van der Waals surface area contributed by atoms with Gasteiger partial charge in [0.25, 0.3) is 0 Å². The monoisotopic (exact) mass is 279 g/mol. The molecule has 1 aromatic rings. The Labute approximate surface area is 121 Å². The third-order valence-electron chi connectivity index (χ3n) is 3.00. The Morgan fingerprint density at radius 3 is 2.30 bits per heavy atom. The largest absolute Gasteiger partial charge is 0.497 e. The second-order valence-electron chi connectivity index (χ2n) is 5.26. The van der Waals surface area contributed by atoms with Crippen molar-refractivity contribution in [1.82, 2.24) is 15.5 Å². The van der Waals surface area contributed by atoms with E-state index < -0.39 is 0 Å². The second kappa shape index (κ2) is 7.75. The van der Waals surface area contributed by atoms with Gasteiger partial charge in [0, 0.05) is 12.6 Å². The van der Waals surface area contributed by atoms with Gasteiger partial charge in [-0.3, -0.25) is 0 Å². The number of rotatable bonds is 6. The zero-order valence-electron chi connectivity index (χ0n) is 12.9. The lowest BCUT2D eigenvalue weighted by Crippen LogP contribution is -2.43. The van der Waals surface area contributed by atoms with Crippen molar-refractivity contribution in [2.45, 2.75) is 25.9 Å². The highest BCUT2D eigenvalue weighted by Crippen LogP contribution is 2.20. The number of nitrogens with zero attached hydrogens (tertiary/aromatic N) is 1. The standard InChI is InChI=1S/C15H25N3O2/c1-11(2)17-15(19)16-10-14(18(3)4)12-6-8-13(20-5)9-7-12/h6-9,11,14H,10H2,1-5H3,(H2,16,17,19). The van der Waals surface area contributed by atoms with Crippen LogP contribution >= 0.6 is 0 Å². The lowest BCUT2D eigenvalue weighted by molar-refractivity contribution is 0.230. The topological polar surface area (TPSA) is 53.6 Å². The number of urea groups is 1. The van der Waals surface area contributed by atoms with Crippen LogP contribution in [-0.4, -0.2) is 44.7 Å². The fraction of sp³-hybridized carbons (Fsp3) is 0.533. The first-order valence-corrected chi connectivity index (χ1v) is 6.78. The van der Waals surface area contributed by atoms with E-state index in [1.165, 1.54) is 0 Å². The number of carbonyl (C=O) groups is 1. The molecular weight excluding hydrogens is 254 g/mol. The van der Waals surface area contributed by atoms with E-state index >= 15 is 0 Å². The molecule has 0 heterocycles. The first kappa shape index (κ1) is 16.3. The molecule has 1 unspecified atom stereocenters. The molecule has 0 aromatic heterocycles. The zero-order chi connectivity index (χ0) is 15.1. The highest BCUT2D eigenvalue weighted by atomic mass is 16.5. The van der Waals surface area contributed by atoms with Crippen LogP contribution in [0.4, 0.5) is 4.79 Å². The minimum atomic E-state index is -0.139. The quantitative estimate of drug-likeness (QED) is 0.837. The maximum atomic E-state index is 11.7. The van der Waals surface area contributed by atoms with Crippen molar-refractivity contribution < 1.29 is 9.53 Å². The average Bonchev–Trinajstić information content (AvgIpc) is 2.38. The molecule has 0 saturated carbocycles. The Bertz CT molecular complexity index is 416. The number of nitrogens with one attached hydrogen (secondary N) is 2. The number of hydrogen-bond acceptors (Lipinski definition) is 3. The van der Waals surface area contributed by atoms with Gasteiger partial charge in [-0.15, -0.1) is 0 Å². The Balaban J connectivity index is 2.66. The highest BCUT2D eigenvalue weighted by Gasteiger charge is 2.15. The van der Waals surface area contributed by atoms with Crippen molar-refractivity contribution in [1.29, 1.82) is 0 Å². The van der Waals surface area contributed by atoms with Gasteiger partial charge in [0.15, 0.2) is 0 Å². The van der Waals surface area contributed by atoms with Crippen molar-refractivity contribution in [3.05, 3.63) is 29.8 Å². The number of benzene rings is 1. The summed E-state index contributed by atoms with van der Waals surface area (Å²) in [7, 11) is 5.64. The van der Waals surface area contributed by atoms with Crippen LogP contribution in [0.2, 0.25) is 0 Å². The first-order chi connectivity index (χ1) is 9.43. The van der Waals surface area contributed by atoms with Crippen molar-refractivity contribution in [3.63, 3.8) is 0 Å². The van der Waals surface area contributed by atoms with Crippen LogP contribution in [0.3, 0.4) is 0 Å². The first-order valence-electron chi connectivity index (χ1n) is 6.78. The normalized spacial score (nSPS) is 12.3. The molecule has 0 aliphatic rings. The van der Waals surface area contributed by atoms with Gasteiger partial charge in [-0.25, -0.2) is 4.79 Å². The van der Waals surface area contributed by atoms with Crippen LogP contribution in [-0.2, 0) is 0 Å². The van der Waals surface area contributed by atoms with Crippen LogP contribution in [0.1, 0.15) is 25.5 Å². The summed E-state index contributed by atoms with van der Waals surface area (Å²) in [6.45, 7) is 4.43. The number of methoxy groups -OCH3 is 1. The summed E-state index contributed by atoms with van der Waals surface area (Å²) < 4.78 is 5.16. The van der Waals surface area contributed by atoms with E-state index in [1.54, 1.807) is 7.11 Å². The molecule has 1 aromatic carbocycles. The molecular formula is C15H25N3O2. The molecule has 5 nitrogen and oxygen atoms in total. The molecule has 5 heteroatoms. The number of hydrogen-bond donors (Lipinski definition) is 2. The lowest BCUT2D eigenvalue weighted by Gasteiger charge is -2.25. The van der Waals surface area contributed by atoms with Gasteiger partial charge in [0.2, 0.25) is 0 Å². The van der Waals surface area contributed by atoms with Crippen LogP contribution in [0.25, 0.3) is 0 Å². The smallest absolute Gasteiger partial charge is 0.315 e. The van der Waals surface area contributed by atoms with Gasteiger partial charge < -0.3 is 20.3 Å². The number of carbonyl (C=O) groups excluding carboxylic acids is 1. The number of likely N-dealkylation sites (N-methyl/N-ethyl adjacent to an activating group) is 1. The average molecular weight is 279 g/mol. The molecule has 0 radical (unpaired) electrons. The van der Waals surface area contributed by atoms with E-state index in [9.17, 15) is 4.79 Å². The fourth-order valence-corrected chi connectivity index (χ4v) is 1.93. The van der Waals surface area contributed by atoms with Gasteiger partial charge >= 0.3 is 6.03 Å². The van der Waals surface area contributed by atoms with E-state index in [-0.39, 0.29) is 18.1 Å². The molecule has 20 heavy (non-hydrogen) atoms. The maximum absolute atomic E-state index is 11.7. The van der Waals surface area contributed by atoms with Crippen molar-refractivity contribution in [2.24, 2.45) is 0 Å². The van der Waals surface area contributed by atoms with Crippen LogP contribution in [0.5, 0.6) is 5.75 Å².